The minimum atomic E-state index is 0.171. The Hall–Kier alpha value is -0.410. The molecule has 108 valence electrons. The van der Waals surface area contributed by atoms with E-state index >= 15 is 0 Å². The van der Waals surface area contributed by atoms with Gasteiger partial charge in [0, 0.05) is 23.3 Å². The predicted octanol–water partition coefficient (Wildman–Crippen LogP) is 4.15. The van der Waals surface area contributed by atoms with Crippen LogP contribution in [0.3, 0.4) is 0 Å². The maximum Gasteiger partial charge on any atom is 0.0944 e. The lowest BCUT2D eigenvalue weighted by Gasteiger charge is -2.24. The SMILES string of the molecule is CCCNC(Cc1nc(C(C)(C)C)cs1)C1(C)CC1. The van der Waals surface area contributed by atoms with Gasteiger partial charge in [-0.3, -0.25) is 0 Å². The second-order valence-corrected chi connectivity index (χ2v) is 8.18. The van der Waals surface area contributed by atoms with Gasteiger partial charge < -0.3 is 5.32 Å². The molecule has 1 unspecified atom stereocenters. The number of rotatable bonds is 6. The fourth-order valence-electron chi connectivity index (χ4n) is 2.35. The molecule has 0 aliphatic heterocycles. The van der Waals surface area contributed by atoms with Gasteiger partial charge in [0.25, 0.3) is 0 Å². The van der Waals surface area contributed by atoms with Crippen LogP contribution in [0.5, 0.6) is 0 Å². The number of nitrogens with one attached hydrogen (secondary N) is 1. The van der Waals surface area contributed by atoms with Crippen molar-refractivity contribution >= 4 is 11.3 Å². The van der Waals surface area contributed by atoms with Gasteiger partial charge in [-0.2, -0.15) is 0 Å². The van der Waals surface area contributed by atoms with Gasteiger partial charge in [-0.05, 0) is 31.2 Å². The van der Waals surface area contributed by atoms with Crippen molar-refractivity contribution in [2.24, 2.45) is 5.41 Å². The first-order valence-corrected chi connectivity index (χ1v) is 8.41. The maximum atomic E-state index is 4.85. The number of nitrogens with zero attached hydrogens (tertiary/aromatic N) is 1. The van der Waals surface area contributed by atoms with Crippen molar-refractivity contribution in [2.45, 2.75) is 71.8 Å². The van der Waals surface area contributed by atoms with Gasteiger partial charge in [0.2, 0.25) is 0 Å². The van der Waals surface area contributed by atoms with E-state index in [9.17, 15) is 0 Å². The third kappa shape index (κ3) is 3.79. The lowest BCUT2D eigenvalue weighted by atomic mass is 9.93. The molecule has 3 heteroatoms. The summed E-state index contributed by atoms with van der Waals surface area (Å²) in [7, 11) is 0. The smallest absolute Gasteiger partial charge is 0.0944 e. The van der Waals surface area contributed by atoms with Crippen LogP contribution in [-0.2, 0) is 11.8 Å². The van der Waals surface area contributed by atoms with E-state index in [0.717, 1.165) is 13.0 Å². The van der Waals surface area contributed by atoms with Gasteiger partial charge in [-0.25, -0.2) is 4.98 Å². The quantitative estimate of drug-likeness (QED) is 0.846. The molecule has 0 bridgehead atoms. The Kier molecular flexibility index (Phi) is 4.36. The Morgan fingerprint density at radius 3 is 2.58 bits per heavy atom. The third-order valence-corrected chi connectivity index (χ3v) is 5.09. The fraction of sp³-hybridized carbons (Fsp3) is 0.812. The minimum absolute atomic E-state index is 0.171. The molecule has 0 aromatic carbocycles. The molecule has 1 fully saturated rings. The topological polar surface area (TPSA) is 24.9 Å². The maximum absolute atomic E-state index is 4.85. The van der Waals surface area contributed by atoms with Crippen LogP contribution >= 0.6 is 11.3 Å². The summed E-state index contributed by atoms with van der Waals surface area (Å²) in [4.78, 5) is 4.85. The van der Waals surface area contributed by atoms with Crippen LogP contribution < -0.4 is 5.32 Å². The molecule has 0 amide bonds. The molecule has 1 saturated carbocycles. The zero-order chi connectivity index (χ0) is 14.1. The van der Waals surface area contributed by atoms with E-state index < -0.39 is 0 Å². The van der Waals surface area contributed by atoms with Gasteiger partial charge in [0.05, 0.1) is 10.7 Å². The Morgan fingerprint density at radius 2 is 2.11 bits per heavy atom. The highest BCUT2D eigenvalue weighted by molar-refractivity contribution is 7.09. The van der Waals surface area contributed by atoms with Crippen LogP contribution in [0.25, 0.3) is 0 Å². The van der Waals surface area contributed by atoms with Crippen molar-refractivity contribution in [3.05, 3.63) is 16.1 Å². The largest absolute Gasteiger partial charge is 0.313 e. The molecule has 2 rings (SSSR count). The van der Waals surface area contributed by atoms with Crippen LogP contribution in [0.4, 0.5) is 0 Å². The van der Waals surface area contributed by atoms with Crippen molar-refractivity contribution in [1.82, 2.24) is 10.3 Å². The van der Waals surface area contributed by atoms with Crippen LogP contribution in [-0.4, -0.2) is 17.6 Å². The van der Waals surface area contributed by atoms with Crippen LogP contribution in [0.15, 0.2) is 5.38 Å². The average molecular weight is 280 g/mol. The summed E-state index contributed by atoms with van der Waals surface area (Å²) in [5.74, 6) is 0. The lowest BCUT2D eigenvalue weighted by Crippen LogP contribution is -2.38. The Bertz CT molecular complexity index is 413. The molecular weight excluding hydrogens is 252 g/mol. The van der Waals surface area contributed by atoms with E-state index in [-0.39, 0.29) is 5.41 Å². The van der Waals surface area contributed by atoms with E-state index in [2.05, 4.69) is 45.3 Å². The summed E-state index contributed by atoms with van der Waals surface area (Å²) in [6.07, 6.45) is 5.03. The Labute approximate surface area is 122 Å². The molecule has 1 aliphatic rings. The fourth-order valence-corrected chi connectivity index (χ4v) is 3.42. The summed E-state index contributed by atoms with van der Waals surface area (Å²) in [5, 5.41) is 7.27. The van der Waals surface area contributed by atoms with Gasteiger partial charge >= 0.3 is 0 Å². The predicted molar refractivity (Wildman–Crippen MR) is 83.9 cm³/mol. The molecule has 0 saturated heterocycles. The normalized spacial score (nSPS) is 19.4. The lowest BCUT2D eigenvalue weighted by molar-refractivity contribution is 0.353. The molecule has 0 radical (unpaired) electrons. The molecule has 1 heterocycles. The van der Waals surface area contributed by atoms with Crippen LogP contribution in [0, 0.1) is 5.41 Å². The average Bonchev–Trinajstić information content (AvgIpc) is 2.90. The second kappa shape index (κ2) is 5.53. The van der Waals surface area contributed by atoms with Crippen molar-refractivity contribution < 1.29 is 0 Å². The van der Waals surface area contributed by atoms with E-state index in [0.29, 0.717) is 11.5 Å². The Balaban J connectivity index is 2.03. The molecule has 1 aliphatic carbocycles. The zero-order valence-corrected chi connectivity index (χ0v) is 13.9. The summed E-state index contributed by atoms with van der Waals surface area (Å²) < 4.78 is 0. The zero-order valence-electron chi connectivity index (χ0n) is 13.0. The first-order valence-electron chi connectivity index (χ1n) is 7.53. The first-order chi connectivity index (χ1) is 8.85. The van der Waals surface area contributed by atoms with E-state index in [1.807, 2.05) is 11.3 Å². The molecule has 1 aromatic heterocycles. The number of thiazole rings is 1. The highest BCUT2D eigenvalue weighted by Gasteiger charge is 2.44. The van der Waals surface area contributed by atoms with Crippen molar-refractivity contribution in [1.29, 1.82) is 0 Å². The van der Waals surface area contributed by atoms with Gasteiger partial charge in [0.15, 0.2) is 0 Å². The molecular formula is C16H28N2S. The molecule has 1 N–H and O–H groups in total. The molecule has 1 aromatic rings. The van der Waals surface area contributed by atoms with Crippen molar-refractivity contribution in [3.8, 4) is 0 Å². The first kappa shape index (κ1) is 15.0. The molecule has 1 atom stereocenters. The monoisotopic (exact) mass is 280 g/mol. The number of aromatic nitrogens is 1. The van der Waals surface area contributed by atoms with Crippen LogP contribution in [0.1, 0.15) is 64.6 Å². The summed E-state index contributed by atoms with van der Waals surface area (Å²) in [6.45, 7) is 12.5. The number of hydrogen-bond acceptors (Lipinski definition) is 3. The summed E-state index contributed by atoms with van der Waals surface area (Å²) >= 11 is 1.83. The van der Waals surface area contributed by atoms with E-state index in [1.54, 1.807) is 0 Å². The standard InChI is InChI=1S/C16H28N2S/c1-6-9-17-12(16(5)7-8-16)10-14-18-13(11-19-14)15(2,3)4/h11-12,17H,6-10H2,1-5H3. The van der Waals surface area contributed by atoms with E-state index in [4.69, 9.17) is 4.98 Å². The minimum Gasteiger partial charge on any atom is -0.313 e. The highest BCUT2D eigenvalue weighted by Crippen LogP contribution is 2.49. The molecule has 0 spiro atoms. The summed E-state index contributed by atoms with van der Waals surface area (Å²) in [5.41, 5.74) is 1.93. The van der Waals surface area contributed by atoms with E-state index in [1.165, 1.54) is 30.0 Å². The highest BCUT2D eigenvalue weighted by atomic mass is 32.1. The molecule has 19 heavy (non-hydrogen) atoms. The van der Waals surface area contributed by atoms with Gasteiger partial charge in [0.1, 0.15) is 0 Å². The molecule has 2 nitrogen and oxygen atoms in total. The van der Waals surface area contributed by atoms with Gasteiger partial charge in [-0.1, -0.05) is 34.6 Å². The second-order valence-electron chi connectivity index (χ2n) is 7.24. The van der Waals surface area contributed by atoms with Crippen molar-refractivity contribution in [3.63, 3.8) is 0 Å². The Morgan fingerprint density at radius 1 is 1.42 bits per heavy atom. The third-order valence-electron chi connectivity index (χ3n) is 4.22. The van der Waals surface area contributed by atoms with Gasteiger partial charge in [-0.15, -0.1) is 11.3 Å². The number of hydrogen-bond donors (Lipinski definition) is 1. The van der Waals surface area contributed by atoms with Crippen molar-refractivity contribution in [2.75, 3.05) is 6.54 Å². The summed E-state index contributed by atoms with van der Waals surface area (Å²) in [6, 6.07) is 0.603. The van der Waals surface area contributed by atoms with Crippen LogP contribution in [0.2, 0.25) is 0 Å².